The molecule has 1 heterocycles. The SMILES string of the molecule is CC(=O)Oc1cc(OCC=C(C)C)c2ccc(=O)oc2c1. The lowest BCUT2D eigenvalue weighted by Gasteiger charge is -2.09. The zero-order valence-electron chi connectivity index (χ0n) is 12.1. The third kappa shape index (κ3) is 3.95. The molecule has 0 spiro atoms. The molecule has 1 aromatic carbocycles. The van der Waals surface area contributed by atoms with Gasteiger partial charge in [0, 0.05) is 25.1 Å². The van der Waals surface area contributed by atoms with Crippen molar-refractivity contribution < 1.29 is 18.7 Å². The van der Waals surface area contributed by atoms with Crippen LogP contribution in [0, 0.1) is 0 Å². The predicted octanol–water partition coefficient (Wildman–Crippen LogP) is 3.06. The summed E-state index contributed by atoms with van der Waals surface area (Å²) in [6.07, 6.45) is 1.92. The summed E-state index contributed by atoms with van der Waals surface area (Å²) < 4.78 is 15.8. The van der Waals surface area contributed by atoms with Crippen molar-refractivity contribution in [1.29, 1.82) is 0 Å². The minimum absolute atomic E-state index is 0.275. The molecule has 0 unspecified atom stereocenters. The summed E-state index contributed by atoms with van der Waals surface area (Å²) in [6, 6.07) is 6.03. The number of rotatable bonds is 4. The number of ether oxygens (including phenoxy) is 2. The summed E-state index contributed by atoms with van der Waals surface area (Å²) in [7, 11) is 0. The van der Waals surface area contributed by atoms with E-state index >= 15 is 0 Å². The molecule has 0 amide bonds. The first-order valence-corrected chi connectivity index (χ1v) is 6.48. The van der Waals surface area contributed by atoms with E-state index in [4.69, 9.17) is 13.9 Å². The Morgan fingerprint density at radius 2 is 2.00 bits per heavy atom. The monoisotopic (exact) mass is 288 g/mol. The Hall–Kier alpha value is -2.56. The molecule has 0 aliphatic carbocycles. The molecule has 21 heavy (non-hydrogen) atoms. The van der Waals surface area contributed by atoms with Crippen LogP contribution in [0.5, 0.6) is 11.5 Å². The van der Waals surface area contributed by atoms with Crippen LogP contribution < -0.4 is 15.1 Å². The maximum absolute atomic E-state index is 11.3. The molecule has 2 rings (SSSR count). The van der Waals surface area contributed by atoms with Crippen molar-refractivity contribution in [2.75, 3.05) is 6.61 Å². The average Bonchev–Trinajstić information content (AvgIpc) is 2.36. The molecular formula is C16H16O5. The van der Waals surface area contributed by atoms with E-state index in [-0.39, 0.29) is 5.75 Å². The van der Waals surface area contributed by atoms with Crippen LogP contribution in [-0.2, 0) is 4.79 Å². The minimum Gasteiger partial charge on any atom is -0.489 e. The largest absolute Gasteiger partial charge is 0.489 e. The predicted molar refractivity (Wildman–Crippen MR) is 78.7 cm³/mol. The summed E-state index contributed by atoms with van der Waals surface area (Å²) >= 11 is 0. The van der Waals surface area contributed by atoms with Gasteiger partial charge in [-0.1, -0.05) is 5.57 Å². The highest BCUT2D eigenvalue weighted by molar-refractivity contribution is 5.85. The number of benzene rings is 1. The zero-order chi connectivity index (χ0) is 15.4. The van der Waals surface area contributed by atoms with Crippen LogP contribution in [0.2, 0.25) is 0 Å². The van der Waals surface area contributed by atoms with E-state index < -0.39 is 11.6 Å². The topological polar surface area (TPSA) is 65.7 Å². The van der Waals surface area contributed by atoms with Crippen LogP contribution >= 0.6 is 0 Å². The first-order chi connectivity index (χ1) is 9.95. The van der Waals surface area contributed by atoms with Gasteiger partial charge in [0.05, 0.1) is 5.39 Å². The third-order valence-electron chi connectivity index (χ3n) is 2.67. The summed E-state index contributed by atoms with van der Waals surface area (Å²) in [4.78, 5) is 22.4. The number of hydrogen-bond acceptors (Lipinski definition) is 5. The van der Waals surface area contributed by atoms with E-state index in [0.717, 1.165) is 5.57 Å². The molecule has 0 N–H and O–H groups in total. The molecule has 5 heteroatoms. The van der Waals surface area contributed by atoms with E-state index in [9.17, 15) is 9.59 Å². The Morgan fingerprint density at radius 3 is 2.67 bits per heavy atom. The molecule has 1 aromatic heterocycles. The van der Waals surface area contributed by atoms with Crippen molar-refractivity contribution in [3.8, 4) is 11.5 Å². The van der Waals surface area contributed by atoms with E-state index in [0.29, 0.717) is 23.3 Å². The van der Waals surface area contributed by atoms with Crippen LogP contribution in [0.4, 0.5) is 0 Å². The Morgan fingerprint density at radius 1 is 1.24 bits per heavy atom. The lowest BCUT2D eigenvalue weighted by atomic mass is 10.2. The van der Waals surface area contributed by atoms with Gasteiger partial charge in [0.2, 0.25) is 0 Å². The second-order valence-corrected chi connectivity index (χ2v) is 4.77. The lowest BCUT2D eigenvalue weighted by Crippen LogP contribution is -2.03. The molecule has 0 bridgehead atoms. The summed E-state index contributed by atoms with van der Waals surface area (Å²) in [5.74, 6) is 0.310. The van der Waals surface area contributed by atoms with Crippen molar-refractivity contribution >= 4 is 16.9 Å². The first-order valence-electron chi connectivity index (χ1n) is 6.48. The van der Waals surface area contributed by atoms with Gasteiger partial charge in [0.1, 0.15) is 23.7 Å². The smallest absolute Gasteiger partial charge is 0.336 e. The maximum atomic E-state index is 11.3. The van der Waals surface area contributed by atoms with Crippen molar-refractivity contribution in [1.82, 2.24) is 0 Å². The summed E-state index contributed by atoms with van der Waals surface area (Å²) in [5.41, 5.74) is 0.966. The lowest BCUT2D eigenvalue weighted by molar-refractivity contribution is -0.131. The fourth-order valence-electron chi connectivity index (χ4n) is 1.76. The van der Waals surface area contributed by atoms with E-state index in [1.54, 1.807) is 12.1 Å². The van der Waals surface area contributed by atoms with Crippen molar-refractivity contribution in [2.24, 2.45) is 0 Å². The van der Waals surface area contributed by atoms with Gasteiger partial charge in [-0.05, 0) is 26.0 Å². The molecule has 110 valence electrons. The number of carbonyl (C=O) groups excluding carboxylic acids is 1. The summed E-state index contributed by atoms with van der Waals surface area (Å²) in [5, 5.41) is 0.646. The van der Waals surface area contributed by atoms with Crippen molar-refractivity contribution in [2.45, 2.75) is 20.8 Å². The van der Waals surface area contributed by atoms with Gasteiger partial charge in [-0.15, -0.1) is 0 Å². The Kier molecular flexibility index (Phi) is 4.42. The van der Waals surface area contributed by atoms with Crippen LogP contribution in [0.15, 0.2) is 45.1 Å². The van der Waals surface area contributed by atoms with Gasteiger partial charge in [-0.25, -0.2) is 4.79 Å². The third-order valence-corrected chi connectivity index (χ3v) is 2.67. The second-order valence-electron chi connectivity index (χ2n) is 4.77. The van der Waals surface area contributed by atoms with Gasteiger partial charge in [0.15, 0.2) is 0 Å². The highest BCUT2D eigenvalue weighted by Gasteiger charge is 2.10. The first kappa shape index (κ1) is 14.8. The minimum atomic E-state index is -0.474. The van der Waals surface area contributed by atoms with Crippen LogP contribution in [-0.4, -0.2) is 12.6 Å². The highest BCUT2D eigenvalue weighted by atomic mass is 16.5. The second kappa shape index (κ2) is 6.26. The van der Waals surface area contributed by atoms with Crippen LogP contribution in [0.3, 0.4) is 0 Å². The number of fused-ring (bicyclic) bond motifs is 1. The zero-order valence-corrected chi connectivity index (χ0v) is 12.1. The quantitative estimate of drug-likeness (QED) is 0.374. The molecular weight excluding hydrogens is 272 g/mol. The van der Waals surface area contributed by atoms with Crippen molar-refractivity contribution in [3.05, 3.63) is 46.3 Å². The normalized spacial score (nSPS) is 10.2. The molecule has 0 saturated carbocycles. The van der Waals surface area contributed by atoms with Crippen LogP contribution in [0.25, 0.3) is 11.0 Å². The molecule has 0 atom stereocenters. The summed E-state index contributed by atoms with van der Waals surface area (Å²) in [6.45, 7) is 5.61. The van der Waals surface area contributed by atoms with Gasteiger partial charge < -0.3 is 13.9 Å². The fourth-order valence-corrected chi connectivity index (χ4v) is 1.76. The number of carbonyl (C=O) groups is 1. The standard InChI is InChI=1S/C16H16O5/c1-10(2)6-7-19-14-8-12(20-11(3)17)9-15-13(14)4-5-16(18)21-15/h4-6,8-9H,7H2,1-3H3. The molecule has 0 aliphatic rings. The van der Waals surface area contributed by atoms with Gasteiger partial charge in [-0.3, -0.25) is 4.79 Å². The Labute approximate surface area is 121 Å². The van der Waals surface area contributed by atoms with E-state index in [1.165, 1.54) is 19.1 Å². The Balaban J connectivity index is 2.46. The van der Waals surface area contributed by atoms with Crippen molar-refractivity contribution in [3.63, 3.8) is 0 Å². The van der Waals surface area contributed by atoms with E-state index in [1.807, 2.05) is 19.9 Å². The van der Waals surface area contributed by atoms with Gasteiger partial charge in [-0.2, -0.15) is 0 Å². The fraction of sp³-hybridized carbons (Fsp3) is 0.250. The number of allylic oxidation sites excluding steroid dienone is 1. The highest BCUT2D eigenvalue weighted by Crippen LogP contribution is 2.30. The van der Waals surface area contributed by atoms with Gasteiger partial charge >= 0.3 is 11.6 Å². The van der Waals surface area contributed by atoms with Crippen LogP contribution in [0.1, 0.15) is 20.8 Å². The molecule has 0 radical (unpaired) electrons. The molecule has 0 saturated heterocycles. The molecule has 2 aromatic rings. The number of hydrogen-bond donors (Lipinski definition) is 0. The molecule has 0 fully saturated rings. The molecule has 5 nitrogen and oxygen atoms in total. The molecule has 0 aliphatic heterocycles. The van der Waals surface area contributed by atoms with E-state index in [2.05, 4.69) is 0 Å². The Bertz CT molecular complexity index is 751. The average molecular weight is 288 g/mol. The number of esters is 1. The van der Waals surface area contributed by atoms with Gasteiger partial charge in [0.25, 0.3) is 0 Å². The maximum Gasteiger partial charge on any atom is 0.336 e.